The van der Waals surface area contributed by atoms with Gasteiger partial charge in [0, 0.05) is 20.1 Å². The lowest BCUT2D eigenvalue weighted by Gasteiger charge is -1.95. The molecule has 0 spiro atoms. The van der Waals surface area contributed by atoms with Crippen molar-refractivity contribution in [2.75, 3.05) is 20.1 Å². The van der Waals surface area contributed by atoms with Gasteiger partial charge in [0.05, 0.1) is 0 Å². The van der Waals surface area contributed by atoms with E-state index in [2.05, 4.69) is 20.9 Å². The Hall–Kier alpha value is -1.26. The van der Waals surface area contributed by atoms with Gasteiger partial charge in [0.2, 0.25) is 5.96 Å². The summed E-state index contributed by atoms with van der Waals surface area (Å²) < 4.78 is 0. The average molecular weight is 172 g/mol. The van der Waals surface area contributed by atoms with Crippen LogP contribution in [-0.4, -0.2) is 32.1 Å². The van der Waals surface area contributed by atoms with E-state index in [0.29, 0.717) is 5.96 Å². The largest absolute Gasteiger partial charge is 0.354 e. The van der Waals surface area contributed by atoms with Gasteiger partial charge in [-0.25, -0.2) is 4.79 Å². The smallest absolute Gasteiger partial charge is 0.343 e. The first kappa shape index (κ1) is 10.7. The van der Waals surface area contributed by atoms with E-state index < -0.39 is 0 Å². The summed E-state index contributed by atoms with van der Waals surface area (Å²) in [6.07, 6.45) is 0. The first-order valence-corrected chi connectivity index (χ1v) is 4.11. The molecule has 1 saturated heterocycles. The van der Waals surface area contributed by atoms with Gasteiger partial charge in [-0.2, -0.15) is 4.99 Å². The number of carbonyl (C=O) groups excluding carboxylic acids is 1. The van der Waals surface area contributed by atoms with Gasteiger partial charge in [0.15, 0.2) is 0 Å². The van der Waals surface area contributed by atoms with Crippen molar-refractivity contribution in [2.45, 2.75) is 13.8 Å². The summed E-state index contributed by atoms with van der Waals surface area (Å²) in [6, 6.07) is -0.336. The van der Waals surface area contributed by atoms with Gasteiger partial charge < -0.3 is 16.0 Å². The first-order valence-electron chi connectivity index (χ1n) is 4.11. The third-order valence-corrected chi connectivity index (χ3v) is 1.14. The first-order chi connectivity index (χ1) is 5.83. The fourth-order valence-corrected chi connectivity index (χ4v) is 0.661. The zero-order valence-electron chi connectivity index (χ0n) is 7.77. The molecule has 0 aliphatic carbocycles. The zero-order chi connectivity index (χ0) is 9.40. The highest BCUT2D eigenvalue weighted by Crippen LogP contribution is 1.78. The standard InChI is InChI=1S/C5H10N4O.C2H6/c1-6-5(10)9-4-7-2-3-8-4;1-2/h2-3H2,1H3,(H3,6,7,8,9,10);1-2H3. The van der Waals surface area contributed by atoms with Gasteiger partial charge >= 0.3 is 6.03 Å². The molecule has 2 amide bonds. The minimum Gasteiger partial charge on any atom is -0.354 e. The van der Waals surface area contributed by atoms with Crippen LogP contribution < -0.4 is 16.0 Å². The number of aliphatic imine (C=N–C) groups is 1. The maximum absolute atomic E-state index is 10.6. The molecule has 1 aliphatic heterocycles. The van der Waals surface area contributed by atoms with Gasteiger partial charge in [-0.1, -0.05) is 13.8 Å². The normalized spacial score (nSPS) is 13.4. The summed E-state index contributed by atoms with van der Waals surface area (Å²) in [5.74, 6) is 0.555. The van der Waals surface area contributed by atoms with Crippen LogP contribution in [0.1, 0.15) is 13.8 Å². The number of hydrogen-bond acceptors (Lipinski definition) is 1. The van der Waals surface area contributed by atoms with E-state index in [-0.39, 0.29) is 6.03 Å². The summed E-state index contributed by atoms with van der Waals surface area (Å²) >= 11 is 0. The highest BCUT2D eigenvalue weighted by Gasteiger charge is 2.05. The van der Waals surface area contributed by atoms with E-state index in [9.17, 15) is 4.79 Å². The van der Waals surface area contributed by atoms with Crippen LogP contribution in [0.4, 0.5) is 4.79 Å². The Kier molecular flexibility index (Phi) is 5.77. The summed E-state index contributed by atoms with van der Waals surface area (Å²) in [7, 11) is 1.54. The number of urea groups is 1. The molecule has 0 saturated carbocycles. The van der Waals surface area contributed by atoms with Gasteiger partial charge in [-0.3, -0.25) is 0 Å². The number of amides is 2. The molecular weight excluding hydrogens is 156 g/mol. The van der Waals surface area contributed by atoms with Crippen molar-refractivity contribution < 1.29 is 4.79 Å². The Morgan fingerprint density at radius 2 is 1.92 bits per heavy atom. The maximum atomic E-state index is 10.6. The topological polar surface area (TPSA) is 65.5 Å². The Morgan fingerprint density at radius 1 is 1.42 bits per heavy atom. The van der Waals surface area contributed by atoms with Crippen molar-refractivity contribution in [3.05, 3.63) is 0 Å². The van der Waals surface area contributed by atoms with E-state index in [1.807, 2.05) is 13.8 Å². The molecule has 5 heteroatoms. The molecule has 1 fully saturated rings. The molecule has 5 nitrogen and oxygen atoms in total. The second-order valence-electron chi connectivity index (χ2n) is 1.87. The minimum atomic E-state index is -0.336. The van der Waals surface area contributed by atoms with Crippen molar-refractivity contribution in [1.29, 1.82) is 0 Å². The number of guanidine groups is 1. The van der Waals surface area contributed by atoms with Crippen LogP contribution in [0.15, 0.2) is 4.99 Å². The lowest BCUT2D eigenvalue weighted by atomic mass is 10.7. The van der Waals surface area contributed by atoms with Crippen LogP contribution in [0.5, 0.6) is 0 Å². The number of carbonyl (C=O) groups is 1. The highest BCUT2D eigenvalue weighted by molar-refractivity contribution is 5.93. The Labute approximate surface area is 72.6 Å². The molecule has 0 aromatic heterocycles. The van der Waals surface area contributed by atoms with Crippen LogP contribution in [0.2, 0.25) is 0 Å². The molecular formula is C7H16N4O. The number of nitrogens with zero attached hydrogens (tertiary/aromatic N) is 1. The Balaban J connectivity index is 0.000000561. The number of rotatable bonds is 0. The van der Waals surface area contributed by atoms with Crippen LogP contribution in [-0.2, 0) is 0 Å². The van der Waals surface area contributed by atoms with Crippen LogP contribution in [0.3, 0.4) is 0 Å². The molecule has 1 aliphatic rings. The van der Waals surface area contributed by atoms with Crippen LogP contribution >= 0.6 is 0 Å². The van der Waals surface area contributed by atoms with Crippen molar-refractivity contribution in [3.63, 3.8) is 0 Å². The SMILES string of the molecule is CC.CNC(=O)N=C1NCCN1. The monoisotopic (exact) mass is 172 g/mol. The Morgan fingerprint density at radius 3 is 2.33 bits per heavy atom. The lowest BCUT2D eigenvalue weighted by molar-refractivity contribution is 0.251. The third kappa shape index (κ3) is 3.80. The molecule has 0 unspecified atom stereocenters. The zero-order valence-corrected chi connectivity index (χ0v) is 7.77. The molecule has 70 valence electrons. The fourth-order valence-electron chi connectivity index (χ4n) is 0.661. The predicted octanol–water partition coefficient (Wildman–Crippen LogP) is -0.0992. The second kappa shape index (κ2) is 6.45. The van der Waals surface area contributed by atoms with Crippen molar-refractivity contribution in [2.24, 2.45) is 4.99 Å². The highest BCUT2D eigenvalue weighted by atomic mass is 16.2. The van der Waals surface area contributed by atoms with Gasteiger partial charge in [0.25, 0.3) is 0 Å². The maximum Gasteiger partial charge on any atom is 0.343 e. The van der Waals surface area contributed by atoms with E-state index >= 15 is 0 Å². The molecule has 0 aromatic carbocycles. The van der Waals surface area contributed by atoms with Gasteiger partial charge in [-0.05, 0) is 0 Å². The van der Waals surface area contributed by atoms with Crippen LogP contribution in [0.25, 0.3) is 0 Å². The summed E-state index contributed by atoms with van der Waals surface area (Å²) in [4.78, 5) is 14.2. The quantitative estimate of drug-likeness (QED) is 0.478. The Bertz CT molecular complexity index is 159. The van der Waals surface area contributed by atoms with Crippen LogP contribution in [0, 0.1) is 0 Å². The van der Waals surface area contributed by atoms with Crippen molar-refractivity contribution in [3.8, 4) is 0 Å². The van der Waals surface area contributed by atoms with E-state index in [0.717, 1.165) is 13.1 Å². The fraction of sp³-hybridized carbons (Fsp3) is 0.714. The average Bonchev–Trinajstić information content (AvgIpc) is 2.60. The second-order valence-corrected chi connectivity index (χ2v) is 1.87. The number of nitrogens with one attached hydrogen (secondary N) is 3. The molecule has 12 heavy (non-hydrogen) atoms. The van der Waals surface area contributed by atoms with E-state index in [1.165, 1.54) is 0 Å². The van der Waals surface area contributed by atoms with Crippen molar-refractivity contribution in [1.82, 2.24) is 16.0 Å². The summed E-state index contributed by atoms with van der Waals surface area (Å²) in [5, 5.41) is 8.19. The molecule has 3 N–H and O–H groups in total. The number of hydrogen-bond donors (Lipinski definition) is 3. The lowest BCUT2D eigenvalue weighted by Crippen LogP contribution is -2.27. The van der Waals surface area contributed by atoms with Gasteiger partial charge in [0.1, 0.15) is 0 Å². The molecule has 1 rings (SSSR count). The van der Waals surface area contributed by atoms with Crippen molar-refractivity contribution >= 4 is 12.0 Å². The van der Waals surface area contributed by atoms with E-state index in [4.69, 9.17) is 0 Å². The van der Waals surface area contributed by atoms with E-state index in [1.54, 1.807) is 7.05 Å². The third-order valence-electron chi connectivity index (χ3n) is 1.14. The molecule has 0 aromatic rings. The minimum absolute atomic E-state index is 0.336. The molecule has 0 bridgehead atoms. The summed E-state index contributed by atoms with van der Waals surface area (Å²) in [5.41, 5.74) is 0. The summed E-state index contributed by atoms with van der Waals surface area (Å²) in [6.45, 7) is 5.66. The molecule has 1 heterocycles. The molecule has 0 radical (unpaired) electrons. The predicted molar refractivity (Wildman–Crippen MR) is 49.2 cm³/mol. The van der Waals surface area contributed by atoms with Gasteiger partial charge in [-0.15, -0.1) is 0 Å². The molecule has 0 atom stereocenters.